The van der Waals surface area contributed by atoms with Gasteiger partial charge in [-0.1, -0.05) is 6.92 Å². The fourth-order valence-corrected chi connectivity index (χ4v) is 2.59. The maximum Gasteiger partial charge on any atom is 0.219 e. The van der Waals surface area contributed by atoms with Crippen molar-refractivity contribution >= 4 is 5.91 Å². The SMILES string of the molecule is CCC(=O)NCC1(O)CCc2cc(OC)c(OC)cc21. The van der Waals surface area contributed by atoms with Crippen molar-refractivity contribution in [2.75, 3.05) is 20.8 Å². The van der Waals surface area contributed by atoms with E-state index >= 15 is 0 Å². The van der Waals surface area contributed by atoms with E-state index in [2.05, 4.69) is 5.32 Å². The normalized spacial score (nSPS) is 20.4. The Morgan fingerprint density at radius 3 is 2.60 bits per heavy atom. The minimum Gasteiger partial charge on any atom is -0.493 e. The minimum atomic E-state index is -1.03. The fourth-order valence-electron chi connectivity index (χ4n) is 2.59. The van der Waals surface area contributed by atoms with Gasteiger partial charge < -0.3 is 19.9 Å². The lowest BCUT2D eigenvalue weighted by molar-refractivity contribution is -0.122. The molecule has 2 N–H and O–H groups in total. The molecule has 5 heteroatoms. The van der Waals surface area contributed by atoms with Crippen LogP contribution in [0, 0.1) is 0 Å². The average Bonchev–Trinajstić information content (AvgIpc) is 2.80. The Balaban J connectivity index is 2.29. The predicted octanol–water partition coefficient (Wildman–Crippen LogP) is 1.36. The van der Waals surface area contributed by atoms with Gasteiger partial charge >= 0.3 is 0 Å². The van der Waals surface area contributed by atoms with Crippen molar-refractivity contribution in [3.05, 3.63) is 23.3 Å². The number of nitrogens with one attached hydrogen (secondary N) is 1. The molecule has 0 heterocycles. The van der Waals surface area contributed by atoms with E-state index in [4.69, 9.17) is 9.47 Å². The molecule has 0 saturated carbocycles. The van der Waals surface area contributed by atoms with Crippen LogP contribution >= 0.6 is 0 Å². The van der Waals surface area contributed by atoms with Crippen molar-refractivity contribution in [3.63, 3.8) is 0 Å². The van der Waals surface area contributed by atoms with Gasteiger partial charge in [-0.25, -0.2) is 0 Å². The Labute approximate surface area is 118 Å². The molecule has 110 valence electrons. The number of hydrogen-bond donors (Lipinski definition) is 2. The number of methoxy groups -OCH3 is 2. The highest BCUT2D eigenvalue weighted by Gasteiger charge is 2.38. The van der Waals surface area contributed by atoms with Gasteiger partial charge in [-0.3, -0.25) is 4.79 Å². The van der Waals surface area contributed by atoms with E-state index in [0.29, 0.717) is 24.3 Å². The van der Waals surface area contributed by atoms with Crippen molar-refractivity contribution in [2.45, 2.75) is 31.8 Å². The highest BCUT2D eigenvalue weighted by molar-refractivity contribution is 5.75. The highest BCUT2D eigenvalue weighted by Crippen LogP contribution is 2.42. The third-order valence-electron chi connectivity index (χ3n) is 3.82. The van der Waals surface area contributed by atoms with Gasteiger partial charge in [-0.15, -0.1) is 0 Å². The van der Waals surface area contributed by atoms with Crippen LogP contribution in [0.1, 0.15) is 30.9 Å². The van der Waals surface area contributed by atoms with E-state index in [9.17, 15) is 9.90 Å². The standard InChI is InChI=1S/C15H21NO4/c1-4-14(17)16-9-15(18)6-5-10-7-12(19-2)13(20-3)8-11(10)15/h7-8,18H,4-6,9H2,1-3H3,(H,16,17). The summed E-state index contributed by atoms with van der Waals surface area (Å²) >= 11 is 0. The first-order valence-corrected chi connectivity index (χ1v) is 6.78. The summed E-state index contributed by atoms with van der Waals surface area (Å²) in [5.74, 6) is 1.19. The molecule has 20 heavy (non-hydrogen) atoms. The van der Waals surface area contributed by atoms with Gasteiger partial charge in [-0.2, -0.15) is 0 Å². The zero-order valence-electron chi connectivity index (χ0n) is 12.2. The summed E-state index contributed by atoms with van der Waals surface area (Å²) < 4.78 is 10.5. The lowest BCUT2D eigenvalue weighted by atomic mass is 9.95. The molecule has 1 amide bonds. The van der Waals surface area contributed by atoms with Crippen LogP contribution in [0.3, 0.4) is 0 Å². The van der Waals surface area contributed by atoms with Crippen molar-refractivity contribution in [1.82, 2.24) is 5.32 Å². The zero-order valence-corrected chi connectivity index (χ0v) is 12.2. The van der Waals surface area contributed by atoms with Crippen LogP contribution in [0.5, 0.6) is 11.5 Å². The van der Waals surface area contributed by atoms with Crippen LogP contribution in [0.15, 0.2) is 12.1 Å². The second-order valence-electron chi connectivity index (χ2n) is 5.03. The van der Waals surface area contributed by atoms with Gasteiger partial charge in [0.05, 0.1) is 20.8 Å². The second-order valence-corrected chi connectivity index (χ2v) is 5.03. The smallest absolute Gasteiger partial charge is 0.219 e. The molecule has 2 rings (SSSR count). The lowest BCUT2D eigenvalue weighted by Crippen LogP contribution is -2.39. The third kappa shape index (κ3) is 2.58. The maximum absolute atomic E-state index is 11.4. The highest BCUT2D eigenvalue weighted by atomic mass is 16.5. The van der Waals surface area contributed by atoms with Gasteiger partial charge in [0, 0.05) is 6.42 Å². The Hall–Kier alpha value is -1.75. The molecule has 0 aliphatic heterocycles. The van der Waals surface area contributed by atoms with Gasteiger partial charge in [0.2, 0.25) is 5.91 Å². The predicted molar refractivity (Wildman–Crippen MR) is 75.1 cm³/mol. The quantitative estimate of drug-likeness (QED) is 0.854. The summed E-state index contributed by atoms with van der Waals surface area (Å²) in [4.78, 5) is 11.4. The Morgan fingerprint density at radius 2 is 2.00 bits per heavy atom. The number of carbonyl (C=O) groups excluding carboxylic acids is 1. The van der Waals surface area contributed by atoms with Crippen LogP contribution < -0.4 is 14.8 Å². The zero-order chi connectivity index (χ0) is 14.8. The average molecular weight is 279 g/mol. The maximum atomic E-state index is 11.4. The number of hydrogen-bond acceptors (Lipinski definition) is 4. The first-order valence-electron chi connectivity index (χ1n) is 6.78. The van der Waals surface area contributed by atoms with E-state index in [1.165, 1.54) is 0 Å². The van der Waals surface area contributed by atoms with E-state index < -0.39 is 5.60 Å². The Bertz CT molecular complexity index is 515. The molecule has 0 radical (unpaired) electrons. The van der Waals surface area contributed by atoms with Crippen molar-refractivity contribution in [3.8, 4) is 11.5 Å². The number of fused-ring (bicyclic) bond motifs is 1. The summed E-state index contributed by atoms with van der Waals surface area (Å²) in [6.45, 7) is 2.01. The first-order chi connectivity index (χ1) is 9.54. The molecular formula is C15H21NO4. The number of rotatable bonds is 5. The number of aryl methyl sites for hydroxylation is 1. The van der Waals surface area contributed by atoms with Crippen LogP contribution in [-0.2, 0) is 16.8 Å². The Morgan fingerprint density at radius 1 is 1.35 bits per heavy atom. The van der Waals surface area contributed by atoms with Crippen LogP contribution in [-0.4, -0.2) is 31.8 Å². The number of amides is 1. The van der Waals surface area contributed by atoms with Gasteiger partial charge in [-0.05, 0) is 36.1 Å². The Kier molecular flexibility index (Phi) is 4.18. The summed E-state index contributed by atoms with van der Waals surface area (Å²) in [7, 11) is 3.16. The molecule has 0 spiro atoms. The number of aliphatic hydroxyl groups is 1. The van der Waals surface area contributed by atoms with Gasteiger partial charge in [0.25, 0.3) is 0 Å². The van der Waals surface area contributed by atoms with Crippen LogP contribution in [0.2, 0.25) is 0 Å². The van der Waals surface area contributed by atoms with Crippen molar-refractivity contribution in [1.29, 1.82) is 0 Å². The van der Waals surface area contributed by atoms with Gasteiger partial charge in [0.1, 0.15) is 5.60 Å². The first kappa shape index (κ1) is 14.7. The molecule has 0 aromatic heterocycles. The largest absolute Gasteiger partial charge is 0.493 e. The van der Waals surface area contributed by atoms with Crippen LogP contribution in [0.25, 0.3) is 0 Å². The third-order valence-corrected chi connectivity index (χ3v) is 3.82. The van der Waals surface area contributed by atoms with Gasteiger partial charge in [0.15, 0.2) is 11.5 Å². The molecule has 1 aliphatic carbocycles. The number of carbonyl (C=O) groups is 1. The molecule has 1 aliphatic rings. The fraction of sp³-hybridized carbons (Fsp3) is 0.533. The summed E-state index contributed by atoms with van der Waals surface area (Å²) in [6.07, 6.45) is 1.76. The second kappa shape index (κ2) is 5.71. The molecule has 0 fully saturated rings. The molecule has 1 aromatic carbocycles. The summed E-state index contributed by atoms with van der Waals surface area (Å²) in [5, 5.41) is 13.5. The topological polar surface area (TPSA) is 67.8 Å². The monoisotopic (exact) mass is 279 g/mol. The van der Waals surface area contributed by atoms with E-state index in [0.717, 1.165) is 17.5 Å². The number of ether oxygens (including phenoxy) is 2. The van der Waals surface area contributed by atoms with E-state index in [-0.39, 0.29) is 12.5 Å². The van der Waals surface area contributed by atoms with Crippen molar-refractivity contribution < 1.29 is 19.4 Å². The van der Waals surface area contributed by atoms with E-state index in [1.54, 1.807) is 27.2 Å². The summed E-state index contributed by atoms with van der Waals surface area (Å²) in [6, 6.07) is 3.70. The molecule has 5 nitrogen and oxygen atoms in total. The lowest BCUT2D eigenvalue weighted by Gasteiger charge is -2.25. The number of benzene rings is 1. The van der Waals surface area contributed by atoms with Crippen LogP contribution in [0.4, 0.5) is 0 Å². The molecule has 1 aromatic rings. The molecule has 1 unspecified atom stereocenters. The molecule has 0 bridgehead atoms. The minimum absolute atomic E-state index is 0.0626. The molecule has 1 atom stereocenters. The molecular weight excluding hydrogens is 258 g/mol. The van der Waals surface area contributed by atoms with Crippen molar-refractivity contribution in [2.24, 2.45) is 0 Å². The van der Waals surface area contributed by atoms with E-state index in [1.807, 2.05) is 6.07 Å². The summed E-state index contributed by atoms with van der Waals surface area (Å²) in [5.41, 5.74) is 0.821. The molecule has 0 saturated heterocycles.